The van der Waals surface area contributed by atoms with Gasteiger partial charge in [-0.1, -0.05) is 11.6 Å². The largest absolute Gasteiger partial charge is 0.339 e. The minimum absolute atomic E-state index is 0.0863. The third kappa shape index (κ3) is 4.66. The van der Waals surface area contributed by atoms with E-state index in [0.717, 1.165) is 25.1 Å². The monoisotopic (exact) mass is 351 g/mol. The summed E-state index contributed by atoms with van der Waals surface area (Å²) in [5.74, 6) is -0.0863. The highest BCUT2D eigenvalue weighted by atomic mass is 32.2. The molecule has 1 aromatic carbocycles. The molecule has 0 spiro atoms. The van der Waals surface area contributed by atoms with Crippen molar-refractivity contribution in [1.29, 1.82) is 0 Å². The molecule has 24 heavy (non-hydrogen) atoms. The number of sulfonamides is 1. The van der Waals surface area contributed by atoms with E-state index in [9.17, 15) is 13.2 Å². The summed E-state index contributed by atoms with van der Waals surface area (Å²) in [5, 5.41) is 3.19. The number of amides is 1. The van der Waals surface area contributed by atoms with E-state index in [2.05, 4.69) is 10.0 Å². The van der Waals surface area contributed by atoms with Crippen molar-refractivity contribution in [3.63, 3.8) is 0 Å². The second kappa shape index (κ2) is 8.41. The summed E-state index contributed by atoms with van der Waals surface area (Å²) in [6.07, 6.45) is 2.86. The molecule has 1 amide bonds. The summed E-state index contributed by atoms with van der Waals surface area (Å²) in [7, 11) is -3.57. The lowest BCUT2D eigenvalue weighted by atomic mass is 10.1. The molecule has 6 nitrogen and oxygen atoms in total. The van der Waals surface area contributed by atoms with Crippen molar-refractivity contribution in [1.82, 2.24) is 14.9 Å². The van der Waals surface area contributed by atoms with Gasteiger partial charge in [-0.3, -0.25) is 4.79 Å². The van der Waals surface area contributed by atoms with Gasteiger partial charge in [0.25, 0.3) is 5.91 Å². The van der Waals surface area contributed by atoms with Crippen LogP contribution in [0, 0.1) is 0 Å². The van der Waals surface area contributed by atoms with Crippen molar-refractivity contribution in [2.24, 2.45) is 0 Å². The third-order valence-electron chi connectivity index (χ3n) is 4.11. The molecular formula is C17H25N3O3S. The van der Waals surface area contributed by atoms with Crippen LogP contribution in [-0.2, 0) is 10.0 Å². The number of hydrogen-bond acceptors (Lipinski definition) is 4. The summed E-state index contributed by atoms with van der Waals surface area (Å²) in [6, 6.07) is 6.10. The maximum atomic E-state index is 12.4. The number of nitrogens with one attached hydrogen (secondary N) is 2. The predicted molar refractivity (Wildman–Crippen MR) is 94.5 cm³/mol. The van der Waals surface area contributed by atoms with E-state index in [-0.39, 0.29) is 10.8 Å². The van der Waals surface area contributed by atoms with Crippen LogP contribution in [0.1, 0.15) is 30.6 Å². The lowest BCUT2D eigenvalue weighted by Crippen LogP contribution is -2.31. The van der Waals surface area contributed by atoms with E-state index < -0.39 is 10.0 Å². The first kappa shape index (κ1) is 18.6. The van der Waals surface area contributed by atoms with Gasteiger partial charge in [-0.05, 0) is 51.1 Å². The van der Waals surface area contributed by atoms with Gasteiger partial charge in [0.15, 0.2) is 0 Å². The average Bonchev–Trinajstić information content (AvgIpc) is 2.62. The third-order valence-corrected chi connectivity index (χ3v) is 5.53. The minimum Gasteiger partial charge on any atom is -0.339 e. The molecule has 0 saturated heterocycles. The van der Waals surface area contributed by atoms with E-state index in [1.165, 1.54) is 12.1 Å². The van der Waals surface area contributed by atoms with Crippen LogP contribution in [0.15, 0.2) is 40.8 Å². The van der Waals surface area contributed by atoms with Crippen LogP contribution in [0.5, 0.6) is 0 Å². The summed E-state index contributed by atoms with van der Waals surface area (Å²) in [6.45, 7) is 7.06. The Morgan fingerprint density at radius 3 is 2.42 bits per heavy atom. The van der Waals surface area contributed by atoms with E-state index in [1.54, 1.807) is 17.0 Å². The normalized spacial score (nSPS) is 15.0. The highest BCUT2D eigenvalue weighted by Crippen LogP contribution is 2.13. The van der Waals surface area contributed by atoms with Crippen LogP contribution in [0.2, 0.25) is 0 Å². The first-order valence-corrected chi connectivity index (χ1v) is 9.74. The first-order chi connectivity index (χ1) is 11.5. The topological polar surface area (TPSA) is 78.5 Å². The molecule has 0 aliphatic carbocycles. The second-order valence-corrected chi connectivity index (χ2v) is 7.41. The zero-order valence-corrected chi connectivity index (χ0v) is 15.0. The van der Waals surface area contributed by atoms with Crippen molar-refractivity contribution in [3.8, 4) is 0 Å². The molecule has 0 bridgehead atoms. The Balaban J connectivity index is 2.05. The van der Waals surface area contributed by atoms with Crippen molar-refractivity contribution in [2.45, 2.75) is 25.2 Å². The molecule has 7 heteroatoms. The summed E-state index contributed by atoms with van der Waals surface area (Å²) < 4.78 is 27.3. The molecule has 0 fully saturated rings. The van der Waals surface area contributed by atoms with Gasteiger partial charge in [0.1, 0.15) is 0 Å². The SMILES string of the molecule is CCN(CC)C(=O)c1ccc(S(=O)(=O)NCC2=CCNCC2)cc1. The van der Waals surface area contributed by atoms with Gasteiger partial charge in [-0.15, -0.1) is 0 Å². The lowest BCUT2D eigenvalue weighted by Gasteiger charge is -2.18. The standard InChI is InChI=1S/C17H25N3O3S/c1-3-20(4-2)17(21)15-5-7-16(8-6-15)24(22,23)19-13-14-9-11-18-12-10-14/h5-9,18-19H,3-4,10-13H2,1-2H3. The molecule has 2 N–H and O–H groups in total. The van der Waals surface area contributed by atoms with Gasteiger partial charge in [0.05, 0.1) is 4.90 Å². The molecular weight excluding hydrogens is 326 g/mol. The Kier molecular flexibility index (Phi) is 6.53. The Morgan fingerprint density at radius 1 is 1.21 bits per heavy atom. The van der Waals surface area contributed by atoms with Gasteiger partial charge in [0.2, 0.25) is 10.0 Å². The molecule has 132 valence electrons. The summed E-state index contributed by atoms with van der Waals surface area (Å²) >= 11 is 0. The minimum atomic E-state index is -3.57. The molecule has 1 aliphatic rings. The highest BCUT2D eigenvalue weighted by Gasteiger charge is 2.17. The number of carbonyl (C=O) groups is 1. The van der Waals surface area contributed by atoms with Gasteiger partial charge in [0, 0.05) is 31.7 Å². The second-order valence-electron chi connectivity index (χ2n) is 5.64. The van der Waals surface area contributed by atoms with E-state index >= 15 is 0 Å². The highest BCUT2D eigenvalue weighted by molar-refractivity contribution is 7.89. The summed E-state index contributed by atoms with van der Waals surface area (Å²) in [4.78, 5) is 14.1. The Hall–Kier alpha value is -1.70. The van der Waals surface area contributed by atoms with E-state index in [1.807, 2.05) is 19.9 Å². The van der Waals surface area contributed by atoms with Gasteiger partial charge in [-0.2, -0.15) is 0 Å². The van der Waals surface area contributed by atoms with Gasteiger partial charge >= 0.3 is 0 Å². The molecule has 0 saturated carbocycles. The van der Waals surface area contributed by atoms with Crippen molar-refractivity contribution < 1.29 is 13.2 Å². The Bertz CT molecular complexity index is 692. The van der Waals surface area contributed by atoms with Crippen molar-refractivity contribution in [2.75, 3.05) is 32.7 Å². The fourth-order valence-corrected chi connectivity index (χ4v) is 3.61. The maximum Gasteiger partial charge on any atom is 0.253 e. The lowest BCUT2D eigenvalue weighted by molar-refractivity contribution is 0.0773. The molecule has 0 aromatic heterocycles. The molecule has 0 radical (unpaired) electrons. The van der Waals surface area contributed by atoms with Gasteiger partial charge < -0.3 is 10.2 Å². The van der Waals surface area contributed by atoms with Crippen LogP contribution in [0.25, 0.3) is 0 Å². The molecule has 0 unspecified atom stereocenters. The van der Waals surface area contributed by atoms with Crippen molar-refractivity contribution in [3.05, 3.63) is 41.5 Å². The van der Waals surface area contributed by atoms with E-state index in [0.29, 0.717) is 25.2 Å². The number of carbonyl (C=O) groups excluding carboxylic acids is 1. The Morgan fingerprint density at radius 2 is 1.88 bits per heavy atom. The molecule has 1 heterocycles. The molecule has 1 aromatic rings. The first-order valence-electron chi connectivity index (χ1n) is 8.25. The maximum absolute atomic E-state index is 12.4. The average molecular weight is 351 g/mol. The van der Waals surface area contributed by atoms with Gasteiger partial charge in [-0.25, -0.2) is 13.1 Å². The smallest absolute Gasteiger partial charge is 0.253 e. The van der Waals surface area contributed by atoms with E-state index in [4.69, 9.17) is 0 Å². The van der Waals surface area contributed by atoms with Crippen LogP contribution >= 0.6 is 0 Å². The zero-order chi connectivity index (χ0) is 17.6. The van der Waals surface area contributed by atoms with Crippen LogP contribution in [0.4, 0.5) is 0 Å². The van der Waals surface area contributed by atoms with Crippen molar-refractivity contribution >= 4 is 15.9 Å². The number of rotatable bonds is 7. The fraction of sp³-hybridized carbons (Fsp3) is 0.471. The molecule has 1 aliphatic heterocycles. The van der Waals surface area contributed by atoms with Crippen LogP contribution in [0.3, 0.4) is 0 Å². The summed E-state index contributed by atoms with van der Waals surface area (Å²) in [5.41, 5.74) is 1.59. The fourth-order valence-electron chi connectivity index (χ4n) is 2.57. The van der Waals surface area contributed by atoms with Crippen LogP contribution in [-0.4, -0.2) is 51.9 Å². The van der Waals surface area contributed by atoms with Crippen LogP contribution < -0.4 is 10.0 Å². The zero-order valence-electron chi connectivity index (χ0n) is 14.2. The Labute approximate surface area is 144 Å². The number of nitrogens with zero attached hydrogens (tertiary/aromatic N) is 1. The molecule has 0 atom stereocenters. The predicted octanol–water partition coefficient (Wildman–Crippen LogP) is 1.37. The number of hydrogen-bond donors (Lipinski definition) is 2. The number of benzene rings is 1. The molecule has 2 rings (SSSR count). The quantitative estimate of drug-likeness (QED) is 0.727.